The monoisotopic (exact) mass is 876 g/mol. The number of nitrogens with zero attached hydrogens (tertiary/aromatic N) is 1. The molecular formula is C48H49ClN4O10. The Bertz CT molecular complexity index is 2350. The first-order chi connectivity index (χ1) is 30.5. The maximum atomic E-state index is 14.6. The van der Waals surface area contributed by atoms with Crippen LogP contribution in [0, 0.1) is 0 Å². The Balaban J connectivity index is 1.35. The van der Waals surface area contributed by atoms with Gasteiger partial charge in [-0.1, -0.05) is 115 Å². The van der Waals surface area contributed by atoms with Gasteiger partial charge in [-0.05, 0) is 63.2 Å². The summed E-state index contributed by atoms with van der Waals surface area (Å²) in [5.74, 6) is -1.91. The molecule has 0 spiro atoms. The number of hydrogen-bond donors (Lipinski definition) is 4. The fourth-order valence-corrected chi connectivity index (χ4v) is 7.18. The number of halogens is 1. The van der Waals surface area contributed by atoms with Gasteiger partial charge in [0, 0.05) is 37.9 Å². The van der Waals surface area contributed by atoms with Gasteiger partial charge in [0.1, 0.15) is 43.7 Å². The number of aliphatic hydroxyl groups is 1. The maximum Gasteiger partial charge on any atom is 0.408 e. The van der Waals surface area contributed by atoms with Gasteiger partial charge in [-0.3, -0.25) is 9.59 Å². The normalized spacial score (nSPS) is 16.9. The third-order valence-electron chi connectivity index (χ3n) is 10.4. The van der Waals surface area contributed by atoms with E-state index in [4.69, 9.17) is 30.5 Å². The van der Waals surface area contributed by atoms with Gasteiger partial charge in [0.25, 0.3) is 0 Å². The Morgan fingerprint density at radius 1 is 0.762 bits per heavy atom. The molecule has 15 heteroatoms. The molecule has 63 heavy (non-hydrogen) atoms. The molecular weight excluding hydrogens is 828 g/mol. The third kappa shape index (κ3) is 13.1. The average molecular weight is 877 g/mol. The van der Waals surface area contributed by atoms with Crippen LogP contribution < -0.4 is 20.7 Å². The fourth-order valence-electron chi connectivity index (χ4n) is 6.99. The van der Waals surface area contributed by atoms with Crippen LogP contribution in [0.15, 0.2) is 127 Å². The van der Waals surface area contributed by atoms with Crippen LogP contribution in [0.1, 0.15) is 34.2 Å². The first kappa shape index (κ1) is 45.6. The van der Waals surface area contributed by atoms with Crippen LogP contribution in [0.5, 0.6) is 5.75 Å². The van der Waals surface area contributed by atoms with Gasteiger partial charge in [0.05, 0.1) is 13.2 Å². The summed E-state index contributed by atoms with van der Waals surface area (Å²) in [7, 11) is 2.57. The molecule has 0 radical (unpaired) electrons. The highest BCUT2D eigenvalue weighted by atomic mass is 35.5. The highest BCUT2D eigenvalue weighted by Crippen LogP contribution is 2.32. The van der Waals surface area contributed by atoms with E-state index in [-0.39, 0.29) is 39.2 Å². The number of carbonyl (C=O) groups excluding carboxylic acids is 5. The van der Waals surface area contributed by atoms with Gasteiger partial charge in [0.15, 0.2) is 0 Å². The first-order valence-corrected chi connectivity index (χ1v) is 20.7. The van der Waals surface area contributed by atoms with Crippen LogP contribution in [0.4, 0.5) is 9.59 Å². The number of hydrogen-bond acceptors (Lipinski definition) is 10. The average Bonchev–Trinajstić information content (AvgIpc) is 3.31. The van der Waals surface area contributed by atoms with E-state index in [0.717, 1.165) is 16.0 Å². The highest BCUT2D eigenvalue weighted by molar-refractivity contribution is 6.31. The van der Waals surface area contributed by atoms with Gasteiger partial charge in [-0.2, -0.15) is 0 Å². The summed E-state index contributed by atoms with van der Waals surface area (Å²) in [5, 5.41) is 19.5. The van der Waals surface area contributed by atoms with Crippen LogP contribution >= 0.6 is 11.6 Å². The topological polar surface area (TPSA) is 182 Å². The first-order valence-electron chi connectivity index (χ1n) is 20.3. The lowest BCUT2D eigenvalue weighted by Crippen LogP contribution is -2.58. The van der Waals surface area contributed by atoms with Gasteiger partial charge in [-0.15, -0.1) is 0 Å². The number of alkyl carbamates (subject to hydrolysis) is 2. The zero-order valence-corrected chi connectivity index (χ0v) is 35.6. The lowest BCUT2D eigenvalue weighted by molar-refractivity contribution is -0.153. The number of likely N-dealkylation sites (N-methyl/N-ethyl adjacent to an activating group) is 1. The lowest BCUT2D eigenvalue weighted by Gasteiger charge is -2.32. The van der Waals surface area contributed by atoms with E-state index >= 15 is 0 Å². The Morgan fingerprint density at radius 2 is 1.32 bits per heavy atom. The number of benzene rings is 5. The largest absolute Gasteiger partial charge is 0.489 e. The second-order valence-corrected chi connectivity index (χ2v) is 15.4. The van der Waals surface area contributed by atoms with Crippen molar-refractivity contribution >= 4 is 41.6 Å². The predicted octanol–water partition coefficient (Wildman–Crippen LogP) is 6.14. The van der Waals surface area contributed by atoms with Crippen molar-refractivity contribution in [3.8, 4) is 16.9 Å². The second-order valence-electron chi connectivity index (χ2n) is 15.0. The van der Waals surface area contributed by atoms with Gasteiger partial charge >= 0.3 is 18.2 Å². The zero-order chi connectivity index (χ0) is 44.7. The molecule has 0 aromatic heterocycles. The number of nitrogens with one attached hydrogen (secondary N) is 3. The van der Waals surface area contributed by atoms with Crippen LogP contribution in [0.2, 0.25) is 5.02 Å². The number of esters is 1. The minimum absolute atomic E-state index is 0.0172. The molecule has 6 rings (SSSR count). The Hall–Kier alpha value is -6.90. The number of ether oxygens (including phenoxy) is 4. The summed E-state index contributed by atoms with van der Waals surface area (Å²) in [6.07, 6.45) is -3.76. The molecule has 0 fully saturated rings. The van der Waals surface area contributed by atoms with E-state index in [0.29, 0.717) is 38.6 Å². The molecule has 1 heterocycles. The summed E-state index contributed by atoms with van der Waals surface area (Å²) < 4.78 is 22.3. The van der Waals surface area contributed by atoms with Crippen molar-refractivity contribution in [3.05, 3.63) is 160 Å². The third-order valence-corrected chi connectivity index (χ3v) is 10.8. The minimum atomic E-state index is -1.50. The molecule has 5 aromatic carbocycles. The number of methoxy groups -OCH3 is 1. The van der Waals surface area contributed by atoms with Crippen LogP contribution in [-0.2, 0) is 61.3 Å². The lowest BCUT2D eigenvalue weighted by atomic mass is 9.95. The number of rotatable bonds is 13. The minimum Gasteiger partial charge on any atom is -0.489 e. The number of fused-ring (bicyclic) bond motifs is 5. The molecule has 328 valence electrons. The number of aliphatic hydroxyl groups excluding tert-OH is 1. The second kappa shape index (κ2) is 22.3. The van der Waals surface area contributed by atoms with Crippen molar-refractivity contribution in [1.82, 2.24) is 20.9 Å². The molecule has 0 saturated carbocycles. The van der Waals surface area contributed by atoms with E-state index in [2.05, 4.69) is 16.0 Å². The molecule has 1 unspecified atom stereocenters. The summed E-state index contributed by atoms with van der Waals surface area (Å²) in [6.45, 7) is -0.265. The highest BCUT2D eigenvalue weighted by Gasteiger charge is 2.36. The number of amides is 4. The predicted molar refractivity (Wildman–Crippen MR) is 234 cm³/mol. The van der Waals surface area contributed by atoms with Crippen molar-refractivity contribution in [2.24, 2.45) is 0 Å². The molecule has 4 bridgehead atoms. The molecule has 1 aliphatic heterocycles. The van der Waals surface area contributed by atoms with Crippen LogP contribution in [-0.4, -0.2) is 84.9 Å². The quantitative estimate of drug-likeness (QED) is 0.0793. The molecule has 14 nitrogen and oxygen atoms in total. The van der Waals surface area contributed by atoms with Crippen molar-refractivity contribution in [2.75, 3.05) is 20.7 Å². The van der Waals surface area contributed by atoms with E-state index < -0.39 is 60.6 Å². The van der Waals surface area contributed by atoms with Crippen molar-refractivity contribution in [3.63, 3.8) is 0 Å². The molecule has 1 aliphatic rings. The van der Waals surface area contributed by atoms with E-state index in [1.54, 1.807) is 60.7 Å². The summed E-state index contributed by atoms with van der Waals surface area (Å²) >= 11 is 6.72. The fraction of sp³-hybridized carbons (Fsp3) is 0.271. The summed E-state index contributed by atoms with van der Waals surface area (Å²) in [6, 6.07) is 34.2. The molecule has 4 amide bonds. The molecule has 0 saturated heterocycles. The molecule has 5 aromatic rings. The van der Waals surface area contributed by atoms with E-state index in [9.17, 15) is 29.1 Å². The standard InChI is InChI=1S/C48H49ClN4O10/c1-53-42(46(57)60-2)25-36-22-34(18-20-39(36)49)35-19-21-43(61-28-31-12-6-3-7-13-31)37(23-35)24-40(52-48(59)63-30-33-16-10-5-11-17-33)44(55)51-41(45(53)56)26-38(54)27-50-47(58)62-29-32-14-8-4-9-15-32/h3-23,38,40-42,54H,24-30H2,1-2H3,(H,50,58)(H,51,55)(H,52,59)/t38-,40?,41+,42+/m1/s1. The SMILES string of the molecule is COC(=O)[C@@H]1Cc2cc(ccc2Cl)-c2ccc(OCc3ccccc3)c(c2)CC(NC(=O)OCc2ccccc2)C(=O)N[C@@H](C[C@@H](O)CNC(=O)OCc2ccccc2)C(=O)N1C. The molecule has 0 aliphatic carbocycles. The van der Waals surface area contributed by atoms with E-state index in [1.165, 1.54) is 14.2 Å². The molecule has 4 atom stereocenters. The smallest absolute Gasteiger partial charge is 0.408 e. The van der Waals surface area contributed by atoms with Gasteiger partial charge < -0.3 is 44.9 Å². The Morgan fingerprint density at radius 3 is 1.92 bits per heavy atom. The summed E-state index contributed by atoms with van der Waals surface area (Å²) in [5.41, 5.74) is 4.85. The Labute approximate surface area is 370 Å². The van der Waals surface area contributed by atoms with Crippen molar-refractivity contribution < 1.29 is 48.0 Å². The zero-order valence-electron chi connectivity index (χ0n) is 34.8. The number of carbonyl (C=O) groups is 5. The van der Waals surface area contributed by atoms with Crippen LogP contribution in [0.25, 0.3) is 11.1 Å². The van der Waals surface area contributed by atoms with E-state index in [1.807, 2.05) is 66.7 Å². The maximum absolute atomic E-state index is 14.6. The Kier molecular flexibility index (Phi) is 16.1. The van der Waals surface area contributed by atoms with Gasteiger partial charge in [0.2, 0.25) is 11.8 Å². The van der Waals surface area contributed by atoms with Crippen molar-refractivity contribution in [2.45, 2.75) is 63.3 Å². The van der Waals surface area contributed by atoms with Crippen molar-refractivity contribution in [1.29, 1.82) is 0 Å². The van der Waals surface area contributed by atoms with Gasteiger partial charge in [-0.25, -0.2) is 14.4 Å². The molecule has 4 N–H and O–H groups in total. The summed E-state index contributed by atoms with van der Waals surface area (Å²) in [4.78, 5) is 69.7. The van der Waals surface area contributed by atoms with Crippen LogP contribution in [0.3, 0.4) is 0 Å².